The van der Waals surface area contributed by atoms with E-state index in [9.17, 15) is 9.59 Å². The normalized spacial score (nSPS) is 18.4. The zero-order valence-corrected chi connectivity index (χ0v) is 13.7. The molecule has 120 valence electrons. The van der Waals surface area contributed by atoms with Crippen LogP contribution < -0.4 is 5.73 Å². The van der Waals surface area contributed by atoms with Gasteiger partial charge in [0.15, 0.2) is 5.78 Å². The van der Waals surface area contributed by atoms with Crippen LogP contribution in [0.25, 0.3) is 0 Å². The van der Waals surface area contributed by atoms with Crippen molar-refractivity contribution in [1.82, 2.24) is 4.90 Å². The summed E-state index contributed by atoms with van der Waals surface area (Å²) in [5.74, 6) is -0.207. The summed E-state index contributed by atoms with van der Waals surface area (Å²) in [6, 6.07) is 5.45. The molecule has 2 N–H and O–H groups in total. The number of likely N-dealkylation sites (tertiary alicyclic amines) is 1. The Morgan fingerprint density at radius 2 is 2.00 bits per heavy atom. The Kier molecular flexibility index (Phi) is 4.44. The molecule has 5 nitrogen and oxygen atoms in total. The molecule has 0 radical (unpaired) electrons. The van der Waals surface area contributed by atoms with Crippen LogP contribution >= 0.6 is 0 Å². The highest BCUT2D eigenvalue weighted by Crippen LogP contribution is 2.25. The van der Waals surface area contributed by atoms with E-state index >= 15 is 0 Å². The first-order valence-electron chi connectivity index (χ1n) is 7.55. The van der Waals surface area contributed by atoms with Crippen LogP contribution in [0, 0.1) is 12.8 Å². The number of hydrogen-bond donors (Lipinski definition) is 1. The number of nitrogens with zero attached hydrogens (tertiary/aromatic N) is 1. The molecule has 1 atom stereocenters. The molecule has 0 aromatic heterocycles. The van der Waals surface area contributed by atoms with Crippen LogP contribution in [0.1, 0.15) is 43.1 Å². The van der Waals surface area contributed by atoms with Gasteiger partial charge in [0.25, 0.3) is 0 Å². The third-order valence-corrected chi connectivity index (χ3v) is 3.68. The molecule has 0 saturated carbocycles. The first kappa shape index (κ1) is 16.3. The molecule has 1 aromatic rings. The van der Waals surface area contributed by atoms with Gasteiger partial charge in [-0.1, -0.05) is 6.07 Å². The van der Waals surface area contributed by atoms with Crippen LogP contribution in [0.4, 0.5) is 10.5 Å². The summed E-state index contributed by atoms with van der Waals surface area (Å²) >= 11 is 0. The molecule has 0 spiro atoms. The second kappa shape index (κ2) is 5.99. The van der Waals surface area contributed by atoms with Gasteiger partial charge in [0, 0.05) is 30.3 Å². The molecule has 0 bridgehead atoms. The minimum Gasteiger partial charge on any atom is -0.444 e. The highest BCUT2D eigenvalue weighted by Gasteiger charge is 2.34. The van der Waals surface area contributed by atoms with E-state index in [1.807, 2.05) is 33.8 Å². The number of anilines is 1. The van der Waals surface area contributed by atoms with Crippen LogP contribution in [-0.2, 0) is 4.74 Å². The Hall–Kier alpha value is -2.04. The van der Waals surface area contributed by atoms with Gasteiger partial charge in [0.1, 0.15) is 5.60 Å². The Bertz CT molecular complexity index is 590. The summed E-state index contributed by atoms with van der Waals surface area (Å²) in [5.41, 5.74) is 7.48. The van der Waals surface area contributed by atoms with Gasteiger partial charge in [0.05, 0.1) is 0 Å². The number of ketones is 1. The smallest absolute Gasteiger partial charge is 0.410 e. The summed E-state index contributed by atoms with van der Waals surface area (Å²) in [4.78, 5) is 26.2. The van der Waals surface area contributed by atoms with E-state index in [2.05, 4.69) is 0 Å². The minimum atomic E-state index is -0.527. The molecule has 1 aliphatic rings. The Morgan fingerprint density at radius 3 is 2.59 bits per heavy atom. The van der Waals surface area contributed by atoms with Crippen molar-refractivity contribution in [2.45, 2.75) is 39.7 Å². The molecule has 1 heterocycles. The van der Waals surface area contributed by atoms with Crippen molar-refractivity contribution in [3.8, 4) is 0 Å². The van der Waals surface area contributed by atoms with E-state index in [-0.39, 0.29) is 17.8 Å². The van der Waals surface area contributed by atoms with Gasteiger partial charge >= 0.3 is 6.09 Å². The number of ether oxygens (including phenoxy) is 1. The standard InChI is InChI=1S/C17H24N2O3/c1-11-5-6-13(14(18)9-11)15(20)12-7-8-19(10-12)16(21)22-17(2,3)4/h5-6,9,12H,7-8,10,18H2,1-4H3. The number of carbonyl (C=O) groups excluding carboxylic acids is 2. The van der Waals surface area contributed by atoms with Crippen molar-refractivity contribution in [2.24, 2.45) is 5.92 Å². The maximum absolute atomic E-state index is 12.6. The Morgan fingerprint density at radius 1 is 1.32 bits per heavy atom. The summed E-state index contributed by atoms with van der Waals surface area (Å²) in [7, 11) is 0. The van der Waals surface area contributed by atoms with Crippen molar-refractivity contribution >= 4 is 17.6 Å². The molecule has 1 fully saturated rings. The molecule has 0 aliphatic carbocycles. The van der Waals surface area contributed by atoms with Gasteiger partial charge in [-0.15, -0.1) is 0 Å². The second-order valence-electron chi connectivity index (χ2n) is 6.87. The van der Waals surface area contributed by atoms with Crippen molar-refractivity contribution in [3.63, 3.8) is 0 Å². The molecule has 22 heavy (non-hydrogen) atoms. The highest BCUT2D eigenvalue weighted by atomic mass is 16.6. The minimum absolute atomic E-state index is 0.00330. The molecule has 5 heteroatoms. The summed E-state index contributed by atoms with van der Waals surface area (Å²) in [5, 5.41) is 0. The number of hydrogen-bond acceptors (Lipinski definition) is 4. The number of amides is 1. The topological polar surface area (TPSA) is 72.6 Å². The SMILES string of the molecule is Cc1ccc(C(=O)C2CCN(C(=O)OC(C)(C)C)C2)c(N)c1. The number of nitrogen functional groups attached to an aromatic ring is 1. The van der Waals surface area contributed by atoms with Gasteiger partial charge in [-0.3, -0.25) is 4.79 Å². The summed E-state index contributed by atoms with van der Waals surface area (Å²) in [6.07, 6.45) is 0.283. The van der Waals surface area contributed by atoms with Gasteiger partial charge in [-0.2, -0.15) is 0 Å². The zero-order chi connectivity index (χ0) is 16.5. The summed E-state index contributed by atoms with van der Waals surface area (Å²) in [6.45, 7) is 8.35. The van der Waals surface area contributed by atoms with Gasteiger partial charge in [-0.05, 0) is 51.8 Å². The average Bonchev–Trinajstić information content (AvgIpc) is 2.85. The maximum Gasteiger partial charge on any atom is 0.410 e. The number of Topliss-reactive ketones (excluding diaryl/α,β-unsaturated/α-hetero) is 1. The van der Waals surface area contributed by atoms with E-state index in [0.29, 0.717) is 30.8 Å². The third-order valence-electron chi connectivity index (χ3n) is 3.68. The fraction of sp³-hybridized carbons (Fsp3) is 0.529. The number of rotatable bonds is 2. The lowest BCUT2D eigenvalue weighted by Crippen LogP contribution is -2.35. The van der Waals surface area contributed by atoms with Gasteiger partial charge in [-0.25, -0.2) is 4.79 Å². The van der Waals surface area contributed by atoms with Crippen molar-refractivity contribution in [1.29, 1.82) is 0 Å². The molecule has 1 unspecified atom stereocenters. The van der Waals surface area contributed by atoms with E-state index in [1.54, 1.807) is 17.0 Å². The van der Waals surface area contributed by atoms with Crippen LogP contribution in [0.5, 0.6) is 0 Å². The quantitative estimate of drug-likeness (QED) is 0.673. The fourth-order valence-corrected chi connectivity index (χ4v) is 2.59. The molecule has 1 saturated heterocycles. The number of nitrogens with two attached hydrogens (primary N) is 1. The van der Waals surface area contributed by atoms with Crippen molar-refractivity contribution in [3.05, 3.63) is 29.3 Å². The molecular formula is C17H24N2O3. The molecule has 2 rings (SSSR count). The second-order valence-corrected chi connectivity index (χ2v) is 6.87. The van der Waals surface area contributed by atoms with Gasteiger partial charge in [0.2, 0.25) is 0 Å². The zero-order valence-electron chi connectivity index (χ0n) is 13.7. The van der Waals surface area contributed by atoms with Crippen LogP contribution in [0.15, 0.2) is 18.2 Å². The molecule has 1 amide bonds. The molecule has 1 aromatic carbocycles. The van der Waals surface area contributed by atoms with E-state index in [1.165, 1.54) is 0 Å². The van der Waals surface area contributed by atoms with Crippen molar-refractivity contribution < 1.29 is 14.3 Å². The van der Waals surface area contributed by atoms with E-state index in [0.717, 1.165) is 5.56 Å². The number of benzene rings is 1. The number of carbonyl (C=O) groups is 2. The monoisotopic (exact) mass is 304 g/mol. The lowest BCUT2D eigenvalue weighted by Gasteiger charge is -2.24. The predicted octanol–water partition coefficient (Wildman–Crippen LogP) is 3.02. The average molecular weight is 304 g/mol. The first-order valence-corrected chi connectivity index (χ1v) is 7.55. The highest BCUT2D eigenvalue weighted by molar-refractivity contribution is 6.02. The summed E-state index contributed by atoms with van der Waals surface area (Å²) < 4.78 is 5.35. The number of aryl methyl sites for hydroxylation is 1. The predicted molar refractivity (Wildman–Crippen MR) is 85.8 cm³/mol. The lowest BCUT2D eigenvalue weighted by atomic mass is 9.95. The third kappa shape index (κ3) is 3.78. The Balaban J connectivity index is 2.03. The van der Waals surface area contributed by atoms with Gasteiger partial charge < -0.3 is 15.4 Å². The molecular weight excluding hydrogens is 280 g/mol. The maximum atomic E-state index is 12.6. The first-order chi connectivity index (χ1) is 10.2. The van der Waals surface area contributed by atoms with E-state index in [4.69, 9.17) is 10.5 Å². The van der Waals surface area contributed by atoms with Crippen LogP contribution in [-0.4, -0.2) is 35.5 Å². The fourth-order valence-electron chi connectivity index (χ4n) is 2.59. The molecule has 1 aliphatic heterocycles. The lowest BCUT2D eigenvalue weighted by molar-refractivity contribution is 0.0289. The Labute approximate surface area is 131 Å². The van der Waals surface area contributed by atoms with Crippen LogP contribution in [0.3, 0.4) is 0 Å². The van der Waals surface area contributed by atoms with Crippen molar-refractivity contribution in [2.75, 3.05) is 18.8 Å². The van der Waals surface area contributed by atoms with E-state index < -0.39 is 5.60 Å². The largest absolute Gasteiger partial charge is 0.444 e. The van der Waals surface area contributed by atoms with Crippen LogP contribution in [0.2, 0.25) is 0 Å².